The monoisotopic (exact) mass is 460 g/mol. The number of hydrogen-bond acceptors (Lipinski definition) is 6. The highest BCUT2D eigenvalue weighted by Gasteiger charge is 2.35. The molecule has 0 aromatic heterocycles. The summed E-state index contributed by atoms with van der Waals surface area (Å²) in [5.41, 5.74) is 0.910. The van der Waals surface area contributed by atoms with Gasteiger partial charge in [0.1, 0.15) is 5.78 Å². The molecule has 1 fully saturated rings. The third-order valence-electron chi connectivity index (χ3n) is 5.10. The van der Waals surface area contributed by atoms with E-state index in [4.69, 9.17) is 23.5 Å². The van der Waals surface area contributed by atoms with Crippen LogP contribution < -0.4 is 0 Å². The van der Waals surface area contributed by atoms with Crippen LogP contribution in [0.5, 0.6) is 0 Å². The van der Waals surface area contributed by atoms with E-state index < -0.39 is 4.87 Å². The summed E-state index contributed by atoms with van der Waals surface area (Å²) in [7, 11) is 0. The Bertz CT molecular complexity index is 853. The molecule has 1 aromatic rings. The van der Waals surface area contributed by atoms with Crippen molar-refractivity contribution in [1.29, 1.82) is 0 Å². The van der Waals surface area contributed by atoms with Crippen LogP contribution in [0.3, 0.4) is 0 Å². The molecule has 6 nitrogen and oxygen atoms in total. The molecular formula is C23H28N2O4S2. The number of hydrogen-bond donors (Lipinski definition) is 0. The number of carbonyl (C=O) groups excluding carboxylic acids is 3. The van der Waals surface area contributed by atoms with Gasteiger partial charge in [0.15, 0.2) is 0 Å². The zero-order chi connectivity index (χ0) is 22.9. The summed E-state index contributed by atoms with van der Waals surface area (Å²) in [6, 6.07) is 9.57. The Balaban J connectivity index is 1.63. The van der Waals surface area contributed by atoms with E-state index in [9.17, 15) is 14.4 Å². The molecule has 1 aliphatic rings. The molecule has 0 spiro atoms. The van der Waals surface area contributed by atoms with Crippen LogP contribution in [0.4, 0.5) is 0 Å². The highest BCUT2D eigenvalue weighted by molar-refractivity contribution is 8.24. The van der Waals surface area contributed by atoms with Gasteiger partial charge in [0.05, 0.1) is 17.3 Å². The molecule has 0 saturated carbocycles. The molecule has 2 amide bonds. The van der Waals surface area contributed by atoms with Gasteiger partial charge >= 0.3 is 0 Å². The number of imide groups is 1. The van der Waals surface area contributed by atoms with Gasteiger partial charge in [-0.1, -0.05) is 49.5 Å². The van der Waals surface area contributed by atoms with E-state index in [-0.39, 0.29) is 43.1 Å². The number of thiocarbonyl (C=S) groups is 1. The second kappa shape index (κ2) is 12.1. The van der Waals surface area contributed by atoms with Crippen molar-refractivity contribution in [3.63, 3.8) is 0 Å². The summed E-state index contributed by atoms with van der Waals surface area (Å²) in [4.78, 5) is 40.0. The fraction of sp³-hybridized carbons (Fsp3) is 0.522. The molecular weight excluding hydrogens is 432 g/mol. The molecule has 2 unspecified atom stereocenters. The first-order valence-corrected chi connectivity index (χ1v) is 11.6. The van der Waals surface area contributed by atoms with Crippen LogP contribution in [0.1, 0.15) is 51.5 Å². The summed E-state index contributed by atoms with van der Waals surface area (Å²) >= 11 is 6.79. The van der Waals surface area contributed by atoms with E-state index >= 15 is 0 Å². The first-order chi connectivity index (χ1) is 14.8. The van der Waals surface area contributed by atoms with Crippen LogP contribution in [-0.2, 0) is 19.1 Å². The van der Waals surface area contributed by atoms with Gasteiger partial charge in [-0.2, -0.15) is 0 Å². The van der Waals surface area contributed by atoms with Gasteiger partial charge in [0, 0.05) is 45.1 Å². The maximum atomic E-state index is 12.2. The molecule has 1 saturated heterocycles. The lowest BCUT2D eigenvalue weighted by atomic mass is 10.1. The maximum absolute atomic E-state index is 12.2. The molecule has 0 radical (unpaired) electrons. The largest absolute Gasteiger partial charge is 0.380 e. The first-order valence-electron chi connectivity index (χ1n) is 10.4. The predicted molar refractivity (Wildman–Crippen MR) is 126 cm³/mol. The standard InChI is InChI=1S/C23H28N2O4S2/c1-17-16-20(27)25(21(17)28)13-15-29-14-7-10-19(26)11-12-23(2,24-3)31-22(30)18-8-5-4-6-9-18/h4-6,8-9,17H,7,10-16H2,1-2H3. The number of likely N-dealkylation sites (tertiary alicyclic amines) is 1. The quantitative estimate of drug-likeness (QED) is 0.201. The van der Waals surface area contributed by atoms with Gasteiger partial charge in [0.25, 0.3) is 4.87 Å². The van der Waals surface area contributed by atoms with Gasteiger partial charge in [-0.05, 0) is 23.7 Å². The number of carbonyl (C=O) groups is 3. The first kappa shape index (κ1) is 25.2. The topological polar surface area (TPSA) is 68.0 Å². The second-order valence-corrected chi connectivity index (χ2v) is 9.94. The van der Waals surface area contributed by atoms with Crippen molar-refractivity contribution in [2.45, 2.75) is 50.8 Å². The predicted octanol–water partition coefficient (Wildman–Crippen LogP) is 4.27. The number of nitrogens with zero attached hydrogens (tertiary/aromatic N) is 2. The van der Waals surface area contributed by atoms with Crippen molar-refractivity contribution in [3.8, 4) is 0 Å². The SMILES string of the molecule is [C-]#[N+]C(C)(CCC(=O)CCCOCCN1C(=O)CC(C)C1=O)SC(=S)c1ccccc1. The Morgan fingerprint density at radius 1 is 1.29 bits per heavy atom. The zero-order valence-corrected chi connectivity index (χ0v) is 19.6. The summed E-state index contributed by atoms with van der Waals surface area (Å²) in [5, 5.41) is 0. The van der Waals surface area contributed by atoms with Gasteiger partial charge in [0.2, 0.25) is 11.8 Å². The minimum atomic E-state index is -0.773. The van der Waals surface area contributed by atoms with E-state index in [1.807, 2.05) is 37.3 Å². The average Bonchev–Trinajstić information content (AvgIpc) is 3.01. The van der Waals surface area contributed by atoms with Crippen LogP contribution >= 0.6 is 24.0 Å². The van der Waals surface area contributed by atoms with E-state index in [1.165, 1.54) is 16.7 Å². The lowest BCUT2D eigenvalue weighted by Crippen LogP contribution is -2.33. The molecule has 8 heteroatoms. The van der Waals surface area contributed by atoms with E-state index in [1.54, 1.807) is 6.92 Å². The highest BCUT2D eigenvalue weighted by atomic mass is 32.2. The normalized spacial score (nSPS) is 18.0. The Labute approximate surface area is 193 Å². The molecule has 0 bridgehead atoms. The second-order valence-electron chi connectivity index (χ2n) is 7.79. The van der Waals surface area contributed by atoms with Gasteiger partial charge in [-0.3, -0.25) is 24.1 Å². The van der Waals surface area contributed by atoms with Gasteiger partial charge in [-0.25, -0.2) is 6.57 Å². The van der Waals surface area contributed by atoms with Crippen molar-refractivity contribution in [2.24, 2.45) is 5.92 Å². The minimum absolute atomic E-state index is 0.0865. The Morgan fingerprint density at radius 3 is 2.61 bits per heavy atom. The fourth-order valence-corrected chi connectivity index (χ4v) is 4.75. The molecule has 1 aliphatic heterocycles. The van der Waals surface area contributed by atoms with Gasteiger partial charge in [-0.15, -0.1) is 0 Å². The molecule has 2 atom stereocenters. The Hall–Kier alpha value is -2.08. The summed E-state index contributed by atoms with van der Waals surface area (Å²) in [6.45, 7) is 12.0. The zero-order valence-electron chi connectivity index (χ0n) is 18.0. The number of thioether (sulfide) groups is 1. The Morgan fingerprint density at radius 2 is 2.00 bits per heavy atom. The number of Topliss-reactive ketones (excluding diaryl/α,β-unsaturated/α-hetero) is 1. The van der Waals surface area contributed by atoms with Gasteiger partial charge < -0.3 is 4.74 Å². The molecule has 1 aromatic carbocycles. The average molecular weight is 461 g/mol. The molecule has 1 heterocycles. The van der Waals surface area contributed by atoms with E-state index in [0.29, 0.717) is 36.5 Å². The molecule has 31 heavy (non-hydrogen) atoms. The summed E-state index contributed by atoms with van der Waals surface area (Å²) in [6.07, 6.45) is 1.97. The van der Waals surface area contributed by atoms with Crippen LogP contribution in [0.25, 0.3) is 4.85 Å². The van der Waals surface area contributed by atoms with Crippen LogP contribution in [0.2, 0.25) is 0 Å². The van der Waals surface area contributed by atoms with Crippen molar-refractivity contribution in [1.82, 2.24) is 4.90 Å². The van der Waals surface area contributed by atoms with Crippen LogP contribution in [-0.4, -0.2) is 51.3 Å². The minimum Gasteiger partial charge on any atom is -0.380 e. The summed E-state index contributed by atoms with van der Waals surface area (Å²) < 4.78 is 6.13. The number of ketones is 1. The number of ether oxygens (including phenoxy) is 1. The van der Waals surface area contributed by atoms with Crippen LogP contribution in [0.15, 0.2) is 30.3 Å². The highest BCUT2D eigenvalue weighted by Crippen LogP contribution is 2.35. The summed E-state index contributed by atoms with van der Waals surface area (Å²) in [5.74, 6) is -0.449. The van der Waals surface area contributed by atoms with Crippen molar-refractivity contribution >= 4 is 45.8 Å². The lowest BCUT2D eigenvalue weighted by Gasteiger charge is -2.16. The molecule has 166 valence electrons. The molecule has 0 aliphatic carbocycles. The Kier molecular flexibility index (Phi) is 9.82. The third-order valence-corrected chi connectivity index (χ3v) is 6.74. The van der Waals surface area contributed by atoms with E-state index in [0.717, 1.165) is 5.56 Å². The number of rotatable bonds is 12. The molecule has 2 rings (SSSR count). The maximum Gasteiger partial charge on any atom is 0.280 e. The van der Waals surface area contributed by atoms with Crippen molar-refractivity contribution in [3.05, 3.63) is 47.3 Å². The number of benzene rings is 1. The smallest absolute Gasteiger partial charge is 0.280 e. The number of amides is 2. The molecule has 0 N–H and O–H groups in total. The lowest BCUT2D eigenvalue weighted by molar-refractivity contribution is -0.140. The fourth-order valence-electron chi connectivity index (χ4n) is 3.17. The van der Waals surface area contributed by atoms with Crippen molar-refractivity contribution in [2.75, 3.05) is 19.8 Å². The third kappa shape index (κ3) is 7.84. The van der Waals surface area contributed by atoms with Crippen LogP contribution in [0, 0.1) is 12.5 Å². The van der Waals surface area contributed by atoms with Crippen molar-refractivity contribution < 1.29 is 19.1 Å². The van der Waals surface area contributed by atoms with E-state index in [2.05, 4.69) is 4.85 Å².